The lowest BCUT2D eigenvalue weighted by Crippen LogP contribution is -1.95. The number of rotatable bonds is 6. The second-order valence-corrected chi connectivity index (χ2v) is 5.29. The average Bonchev–Trinajstić information content (AvgIpc) is 3.16. The van der Waals surface area contributed by atoms with E-state index >= 15 is 0 Å². The summed E-state index contributed by atoms with van der Waals surface area (Å²) in [6.45, 7) is 0. The van der Waals surface area contributed by atoms with E-state index in [9.17, 15) is 10.1 Å². The summed E-state index contributed by atoms with van der Waals surface area (Å²) in [6.07, 6.45) is 1.48. The van der Waals surface area contributed by atoms with Crippen LogP contribution in [0.1, 0.15) is 0 Å². The van der Waals surface area contributed by atoms with Crippen LogP contribution in [-0.2, 0) is 0 Å². The zero-order valence-corrected chi connectivity index (χ0v) is 14.4. The first kappa shape index (κ1) is 17.3. The van der Waals surface area contributed by atoms with Gasteiger partial charge in [0.25, 0.3) is 5.69 Å². The molecule has 0 aliphatic carbocycles. The van der Waals surface area contributed by atoms with Crippen LogP contribution >= 0.6 is 0 Å². The number of nitro benzene ring substituents is 1. The van der Waals surface area contributed by atoms with Crippen LogP contribution < -0.4 is 14.2 Å². The molecule has 134 valence electrons. The highest BCUT2D eigenvalue weighted by atomic mass is 16.6. The summed E-state index contributed by atoms with van der Waals surface area (Å²) < 4.78 is 21.2. The summed E-state index contributed by atoms with van der Waals surface area (Å²) >= 11 is 0. The van der Waals surface area contributed by atoms with Gasteiger partial charge in [0, 0.05) is 23.8 Å². The fraction of sp³-hybridized carbons (Fsp3) is 0.167. The van der Waals surface area contributed by atoms with Gasteiger partial charge in [-0.1, -0.05) is 5.16 Å². The number of hydrogen-bond acceptors (Lipinski definition) is 7. The molecule has 0 bridgehead atoms. The molecular weight excluding hydrogens is 340 g/mol. The van der Waals surface area contributed by atoms with E-state index in [4.69, 9.17) is 18.7 Å². The van der Waals surface area contributed by atoms with Crippen molar-refractivity contribution >= 4 is 5.69 Å². The second-order valence-electron chi connectivity index (χ2n) is 5.29. The molecule has 0 unspecified atom stereocenters. The van der Waals surface area contributed by atoms with Gasteiger partial charge in [0.05, 0.1) is 31.8 Å². The number of aromatic nitrogens is 1. The number of ether oxygens (including phenoxy) is 3. The van der Waals surface area contributed by atoms with Crippen LogP contribution in [-0.4, -0.2) is 31.4 Å². The number of non-ortho nitro benzene ring substituents is 1. The molecule has 0 amide bonds. The molecule has 0 fully saturated rings. The van der Waals surface area contributed by atoms with Crippen LogP contribution in [0.2, 0.25) is 0 Å². The van der Waals surface area contributed by atoms with Crippen molar-refractivity contribution in [3.05, 3.63) is 52.8 Å². The lowest BCUT2D eigenvalue weighted by Gasteiger charge is -2.13. The largest absolute Gasteiger partial charge is 0.496 e. The highest BCUT2D eigenvalue weighted by Gasteiger charge is 2.20. The van der Waals surface area contributed by atoms with Crippen LogP contribution in [0.4, 0.5) is 5.69 Å². The third kappa shape index (κ3) is 3.04. The third-order valence-electron chi connectivity index (χ3n) is 3.92. The number of nitro groups is 1. The predicted molar refractivity (Wildman–Crippen MR) is 93.7 cm³/mol. The maximum absolute atomic E-state index is 10.8. The molecule has 0 aliphatic heterocycles. The number of hydrogen-bond donors (Lipinski definition) is 0. The monoisotopic (exact) mass is 356 g/mol. The van der Waals surface area contributed by atoms with Crippen LogP contribution in [0.25, 0.3) is 22.4 Å². The van der Waals surface area contributed by atoms with Crippen LogP contribution in [0.3, 0.4) is 0 Å². The minimum absolute atomic E-state index is 0.00968. The minimum Gasteiger partial charge on any atom is -0.496 e. The zero-order valence-electron chi connectivity index (χ0n) is 14.4. The van der Waals surface area contributed by atoms with Crippen molar-refractivity contribution in [2.75, 3.05) is 21.3 Å². The number of nitrogens with zero attached hydrogens (tertiary/aromatic N) is 2. The molecule has 0 radical (unpaired) electrons. The molecule has 8 heteroatoms. The van der Waals surface area contributed by atoms with E-state index in [0.717, 1.165) is 5.56 Å². The first-order valence-corrected chi connectivity index (χ1v) is 7.58. The Morgan fingerprint density at radius 3 is 2.12 bits per heavy atom. The molecule has 0 atom stereocenters. The summed E-state index contributed by atoms with van der Waals surface area (Å²) in [5, 5.41) is 14.9. The Balaban J connectivity index is 2.12. The summed E-state index contributed by atoms with van der Waals surface area (Å²) in [4.78, 5) is 10.4. The normalized spacial score (nSPS) is 10.4. The minimum atomic E-state index is -0.449. The van der Waals surface area contributed by atoms with E-state index in [1.54, 1.807) is 24.3 Å². The van der Waals surface area contributed by atoms with Gasteiger partial charge in [-0.25, -0.2) is 0 Å². The van der Waals surface area contributed by atoms with Gasteiger partial charge in [-0.3, -0.25) is 10.1 Å². The van der Waals surface area contributed by atoms with Crippen LogP contribution in [0.5, 0.6) is 17.2 Å². The maximum Gasteiger partial charge on any atom is 0.269 e. The smallest absolute Gasteiger partial charge is 0.269 e. The zero-order chi connectivity index (χ0) is 18.7. The molecule has 1 aromatic heterocycles. The predicted octanol–water partition coefficient (Wildman–Crippen LogP) is 3.94. The van der Waals surface area contributed by atoms with E-state index < -0.39 is 4.92 Å². The molecule has 2 aromatic carbocycles. The summed E-state index contributed by atoms with van der Waals surface area (Å²) in [6, 6.07) is 9.57. The van der Waals surface area contributed by atoms with Gasteiger partial charge in [0.1, 0.15) is 17.7 Å². The second kappa shape index (κ2) is 7.14. The summed E-state index contributed by atoms with van der Waals surface area (Å²) in [5.74, 6) is 1.56. The molecule has 0 N–H and O–H groups in total. The topological polar surface area (TPSA) is 96.9 Å². The Kier molecular flexibility index (Phi) is 4.74. The molecule has 26 heavy (non-hydrogen) atoms. The molecule has 1 heterocycles. The van der Waals surface area contributed by atoms with Crippen molar-refractivity contribution in [1.82, 2.24) is 5.16 Å². The lowest BCUT2D eigenvalue weighted by molar-refractivity contribution is -0.384. The number of methoxy groups -OCH3 is 3. The number of benzene rings is 2. The van der Waals surface area contributed by atoms with Crippen molar-refractivity contribution in [2.45, 2.75) is 0 Å². The lowest BCUT2D eigenvalue weighted by atomic mass is 10.0. The SMILES string of the molecule is COc1cc(OC)c(-c2nocc2-c2ccc([N+](=O)[O-])cc2)cc1OC. The van der Waals surface area contributed by atoms with Gasteiger partial charge < -0.3 is 18.7 Å². The van der Waals surface area contributed by atoms with Gasteiger partial charge in [0.15, 0.2) is 11.5 Å². The fourth-order valence-electron chi connectivity index (χ4n) is 2.61. The van der Waals surface area contributed by atoms with Crippen molar-refractivity contribution in [3.8, 4) is 39.6 Å². The van der Waals surface area contributed by atoms with Gasteiger partial charge in [-0.2, -0.15) is 0 Å². The highest BCUT2D eigenvalue weighted by Crippen LogP contribution is 2.42. The first-order chi connectivity index (χ1) is 12.6. The van der Waals surface area contributed by atoms with Crippen molar-refractivity contribution in [3.63, 3.8) is 0 Å². The van der Waals surface area contributed by atoms with Gasteiger partial charge in [0.2, 0.25) is 0 Å². The molecule has 0 spiro atoms. The van der Waals surface area contributed by atoms with Gasteiger partial charge in [-0.15, -0.1) is 0 Å². The standard InChI is InChI=1S/C18H16N2O6/c1-23-15-9-17(25-3)16(24-2)8-13(15)18-14(10-26-19-18)11-4-6-12(7-5-11)20(21)22/h4-10H,1-3H3. The Morgan fingerprint density at radius 1 is 0.923 bits per heavy atom. The van der Waals surface area contributed by atoms with E-state index in [1.807, 2.05) is 0 Å². The average molecular weight is 356 g/mol. The van der Waals surface area contributed by atoms with Crippen LogP contribution in [0.15, 0.2) is 47.2 Å². The Hall–Kier alpha value is -3.55. The van der Waals surface area contributed by atoms with E-state index in [0.29, 0.717) is 34.1 Å². The van der Waals surface area contributed by atoms with E-state index in [-0.39, 0.29) is 5.69 Å². The van der Waals surface area contributed by atoms with Gasteiger partial charge >= 0.3 is 0 Å². The molecule has 8 nitrogen and oxygen atoms in total. The van der Waals surface area contributed by atoms with Crippen molar-refractivity contribution < 1.29 is 23.7 Å². The molecule has 3 aromatic rings. The summed E-state index contributed by atoms with van der Waals surface area (Å²) in [5.41, 5.74) is 2.58. The molecule has 0 aliphatic rings. The quantitative estimate of drug-likeness (QED) is 0.487. The molecule has 3 rings (SSSR count). The van der Waals surface area contributed by atoms with E-state index in [2.05, 4.69) is 5.16 Å². The highest BCUT2D eigenvalue weighted by molar-refractivity contribution is 5.84. The summed E-state index contributed by atoms with van der Waals surface area (Å²) in [7, 11) is 4.61. The van der Waals surface area contributed by atoms with E-state index in [1.165, 1.54) is 39.7 Å². The van der Waals surface area contributed by atoms with Gasteiger partial charge in [-0.05, 0) is 23.8 Å². The Bertz CT molecular complexity index is 933. The Morgan fingerprint density at radius 2 is 1.54 bits per heavy atom. The van der Waals surface area contributed by atoms with Crippen LogP contribution in [0, 0.1) is 10.1 Å². The van der Waals surface area contributed by atoms with Crippen molar-refractivity contribution in [2.24, 2.45) is 0 Å². The fourth-order valence-corrected chi connectivity index (χ4v) is 2.61. The Labute approximate surface area is 149 Å². The molecular formula is C18H16N2O6. The van der Waals surface area contributed by atoms with Crippen molar-refractivity contribution in [1.29, 1.82) is 0 Å². The molecule has 0 saturated heterocycles. The molecule has 0 saturated carbocycles. The maximum atomic E-state index is 10.8. The first-order valence-electron chi connectivity index (χ1n) is 7.58. The third-order valence-corrected chi connectivity index (χ3v) is 3.92.